The van der Waals surface area contributed by atoms with Crippen molar-refractivity contribution in [3.05, 3.63) is 47.3 Å². The van der Waals surface area contributed by atoms with Gasteiger partial charge in [-0.3, -0.25) is 4.79 Å². The summed E-state index contributed by atoms with van der Waals surface area (Å²) in [6.07, 6.45) is 4.87. The molecule has 3 nitrogen and oxygen atoms in total. The molecule has 1 aliphatic heterocycles. The Morgan fingerprint density at radius 1 is 0.952 bits per heavy atom. The van der Waals surface area contributed by atoms with Gasteiger partial charge in [0.25, 0.3) is 0 Å². The van der Waals surface area contributed by atoms with E-state index >= 15 is 0 Å². The van der Waals surface area contributed by atoms with Crippen LogP contribution in [-0.4, -0.2) is 23.9 Å². The molecule has 0 saturated carbocycles. The van der Waals surface area contributed by atoms with Crippen LogP contribution in [0.4, 0.5) is 5.69 Å². The van der Waals surface area contributed by atoms with Crippen LogP contribution in [0.2, 0.25) is 0 Å². The van der Waals surface area contributed by atoms with Crippen molar-refractivity contribution in [2.24, 2.45) is 0 Å². The molecule has 3 heteroatoms. The highest BCUT2D eigenvalue weighted by Gasteiger charge is 2.12. The molecule has 0 unspecified atom stereocenters. The summed E-state index contributed by atoms with van der Waals surface area (Å²) in [6, 6.07) is 10.6. The van der Waals surface area contributed by atoms with Gasteiger partial charge in [0, 0.05) is 41.4 Å². The first-order valence-electron chi connectivity index (χ1n) is 7.70. The van der Waals surface area contributed by atoms with E-state index in [1.165, 1.54) is 24.9 Å². The van der Waals surface area contributed by atoms with Crippen LogP contribution in [0.5, 0.6) is 0 Å². The van der Waals surface area contributed by atoms with Crippen LogP contribution in [0.15, 0.2) is 30.3 Å². The first-order valence-corrected chi connectivity index (χ1v) is 7.70. The van der Waals surface area contributed by atoms with E-state index in [0.717, 1.165) is 42.0 Å². The van der Waals surface area contributed by atoms with Crippen molar-refractivity contribution < 1.29 is 4.79 Å². The first-order chi connectivity index (χ1) is 10.2. The number of anilines is 1. The molecule has 2 aromatic rings. The Labute approximate surface area is 126 Å². The zero-order chi connectivity index (χ0) is 14.8. The number of aryl methyl sites for hydroxylation is 1. The standard InChI is InChI=1S/C18H22N2O/c1-14-12-16(13-21)15(2)20(14)18-8-6-17(7-9-18)19-10-4-3-5-11-19/h6-9,12-13H,3-5,10-11H2,1-2H3. The molecule has 0 spiro atoms. The predicted molar refractivity (Wildman–Crippen MR) is 86.7 cm³/mol. The molecular formula is C18H22N2O. The highest BCUT2D eigenvalue weighted by Crippen LogP contribution is 2.24. The van der Waals surface area contributed by atoms with E-state index in [0.29, 0.717) is 0 Å². The third-order valence-electron chi connectivity index (χ3n) is 4.43. The molecule has 1 aromatic carbocycles. The average molecular weight is 282 g/mol. The maximum Gasteiger partial charge on any atom is 0.151 e. The van der Waals surface area contributed by atoms with E-state index in [-0.39, 0.29) is 0 Å². The number of nitrogens with zero attached hydrogens (tertiary/aromatic N) is 2. The van der Waals surface area contributed by atoms with Crippen molar-refractivity contribution in [3.63, 3.8) is 0 Å². The lowest BCUT2D eigenvalue weighted by molar-refractivity contribution is 0.112. The van der Waals surface area contributed by atoms with E-state index in [4.69, 9.17) is 0 Å². The molecular weight excluding hydrogens is 260 g/mol. The number of carbonyl (C=O) groups excluding carboxylic acids is 1. The minimum atomic E-state index is 0.771. The third-order valence-corrected chi connectivity index (χ3v) is 4.43. The second-order valence-corrected chi connectivity index (χ2v) is 5.84. The van der Waals surface area contributed by atoms with Crippen molar-refractivity contribution in [2.75, 3.05) is 18.0 Å². The summed E-state index contributed by atoms with van der Waals surface area (Å²) >= 11 is 0. The first kappa shape index (κ1) is 13.9. The normalized spacial score (nSPS) is 15.2. The van der Waals surface area contributed by atoms with Crippen LogP contribution in [0, 0.1) is 13.8 Å². The lowest BCUT2D eigenvalue weighted by atomic mass is 10.1. The van der Waals surface area contributed by atoms with Crippen LogP contribution >= 0.6 is 0 Å². The molecule has 1 saturated heterocycles. The minimum Gasteiger partial charge on any atom is -0.372 e. The van der Waals surface area contributed by atoms with Crippen LogP contribution in [-0.2, 0) is 0 Å². The number of carbonyl (C=O) groups is 1. The van der Waals surface area contributed by atoms with Crippen LogP contribution in [0.25, 0.3) is 5.69 Å². The predicted octanol–water partition coefficient (Wildman–Crippen LogP) is 3.90. The lowest BCUT2D eigenvalue weighted by Crippen LogP contribution is -2.29. The summed E-state index contributed by atoms with van der Waals surface area (Å²) in [5.74, 6) is 0. The van der Waals surface area contributed by atoms with Gasteiger partial charge in [-0.2, -0.15) is 0 Å². The van der Waals surface area contributed by atoms with Crippen LogP contribution < -0.4 is 4.90 Å². The SMILES string of the molecule is Cc1cc(C=O)c(C)n1-c1ccc(N2CCCCC2)cc1. The third kappa shape index (κ3) is 2.60. The van der Waals surface area contributed by atoms with Crippen molar-refractivity contribution in [3.8, 4) is 5.69 Å². The Bertz CT molecular complexity index is 634. The van der Waals surface area contributed by atoms with Gasteiger partial charge in [-0.05, 0) is 63.4 Å². The molecule has 0 N–H and O–H groups in total. The molecule has 0 aliphatic carbocycles. The fourth-order valence-corrected chi connectivity index (χ4v) is 3.27. The highest BCUT2D eigenvalue weighted by atomic mass is 16.1. The van der Waals surface area contributed by atoms with Gasteiger partial charge in [0.15, 0.2) is 6.29 Å². The summed E-state index contributed by atoms with van der Waals surface area (Å²) in [4.78, 5) is 13.5. The number of aldehydes is 1. The maximum atomic E-state index is 11.1. The second kappa shape index (κ2) is 5.76. The van der Waals surface area contributed by atoms with E-state index in [2.05, 4.69) is 33.7 Å². The summed E-state index contributed by atoms with van der Waals surface area (Å²) in [6.45, 7) is 6.36. The minimum absolute atomic E-state index is 0.771. The van der Waals surface area contributed by atoms with Crippen molar-refractivity contribution in [2.45, 2.75) is 33.1 Å². The van der Waals surface area contributed by atoms with E-state index in [1.54, 1.807) is 0 Å². The quantitative estimate of drug-likeness (QED) is 0.798. The zero-order valence-electron chi connectivity index (χ0n) is 12.8. The number of hydrogen-bond donors (Lipinski definition) is 0. The van der Waals surface area contributed by atoms with Gasteiger partial charge in [0.05, 0.1) is 0 Å². The monoisotopic (exact) mass is 282 g/mol. The van der Waals surface area contributed by atoms with Gasteiger partial charge in [-0.25, -0.2) is 0 Å². The van der Waals surface area contributed by atoms with Crippen LogP contribution in [0.3, 0.4) is 0 Å². The summed E-state index contributed by atoms with van der Waals surface area (Å²) in [5, 5.41) is 0. The van der Waals surface area contributed by atoms with E-state index in [1.807, 2.05) is 19.9 Å². The molecule has 0 bridgehead atoms. The van der Waals surface area contributed by atoms with Gasteiger partial charge in [-0.15, -0.1) is 0 Å². The molecule has 0 amide bonds. The second-order valence-electron chi connectivity index (χ2n) is 5.84. The van der Waals surface area contributed by atoms with Crippen molar-refractivity contribution in [1.29, 1.82) is 0 Å². The lowest BCUT2D eigenvalue weighted by Gasteiger charge is -2.29. The number of aromatic nitrogens is 1. The fraction of sp³-hybridized carbons (Fsp3) is 0.389. The number of rotatable bonds is 3. The molecule has 3 rings (SSSR count). The average Bonchev–Trinajstić information content (AvgIpc) is 2.82. The van der Waals surface area contributed by atoms with Gasteiger partial charge < -0.3 is 9.47 Å². The Balaban J connectivity index is 1.90. The molecule has 2 heterocycles. The topological polar surface area (TPSA) is 25.2 Å². The van der Waals surface area contributed by atoms with E-state index < -0.39 is 0 Å². The van der Waals surface area contributed by atoms with Crippen LogP contribution in [0.1, 0.15) is 41.0 Å². The van der Waals surface area contributed by atoms with Gasteiger partial charge >= 0.3 is 0 Å². The van der Waals surface area contributed by atoms with Gasteiger partial charge in [0.1, 0.15) is 0 Å². The Morgan fingerprint density at radius 2 is 1.57 bits per heavy atom. The highest BCUT2D eigenvalue weighted by molar-refractivity contribution is 5.77. The van der Waals surface area contributed by atoms with Crippen molar-refractivity contribution >= 4 is 12.0 Å². The fourth-order valence-electron chi connectivity index (χ4n) is 3.27. The molecule has 0 atom stereocenters. The Kier molecular flexibility index (Phi) is 3.82. The van der Waals surface area contributed by atoms with Crippen molar-refractivity contribution in [1.82, 2.24) is 4.57 Å². The molecule has 1 aliphatic rings. The number of piperidine rings is 1. The summed E-state index contributed by atoms with van der Waals surface area (Å²) < 4.78 is 2.14. The molecule has 1 fully saturated rings. The van der Waals surface area contributed by atoms with Gasteiger partial charge in [0.2, 0.25) is 0 Å². The smallest absolute Gasteiger partial charge is 0.151 e. The Hall–Kier alpha value is -2.03. The summed E-state index contributed by atoms with van der Waals surface area (Å²) in [5.41, 5.74) is 5.30. The maximum absolute atomic E-state index is 11.1. The molecule has 0 radical (unpaired) electrons. The molecule has 1 aromatic heterocycles. The Morgan fingerprint density at radius 3 is 2.14 bits per heavy atom. The zero-order valence-corrected chi connectivity index (χ0v) is 12.8. The van der Waals surface area contributed by atoms with E-state index in [9.17, 15) is 4.79 Å². The molecule has 21 heavy (non-hydrogen) atoms. The van der Waals surface area contributed by atoms with Gasteiger partial charge in [-0.1, -0.05) is 0 Å². The summed E-state index contributed by atoms with van der Waals surface area (Å²) in [7, 11) is 0. The number of hydrogen-bond acceptors (Lipinski definition) is 2. The number of benzene rings is 1. The largest absolute Gasteiger partial charge is 0.372 e. The molecule has 110 valence electrons.